The van der Waals surface area contributed by atoms with Gasteiger partial charge in [-0.25, -0.2) is 4.98 Å². The molecule has 0 aliphatic heterocycles. The topological polar surface area (TPSA) is 71.1 Å². The maximum absolute atomic E-state index is 12.4. The van der Waals surface area contributed by atoms with Crippen LogP contribution in [0.4, 0.5) is 10.8 Å². The Morgan fingerprint density at radius 1 is 0.759 bits per heavy atom. The van der Waals surface area contributed by atoms with Crippen molar-refractivity contribution < 1.29 is 9.59 Å². The van der Waals surface area contributed by atoms with Gasteiger partial charge in [-0.05, 0) is 66.7 Å². The van der Waals surface area contributed by atoms with Crippen LogP contribution in [0.1, 0.15) is 20.7 Å². The molecule has 0 spiro atoms. The summed E-state index contributed by atoms with van der Waals surface area (Å²) in [4.78, 5) is 29.1. The summed E-state index contributed by atoms with van der Waals surface area (Å²) in [6, 6.07) is 18.6. The second kappa shape index (κ2) is 8.21. The van der Waals surface area contributed by atoms with E-state index in [0.29, 0.717) is 37.5 Å². The number of nitrogens with one attached hydrogen (secondary N) is 2. The molecule has 0 atom stereocenters. The summed E-state index contributed by atoms with van der Waals surface area (Å²) in [7, 11) is 0. The Labute approximate surface area is 180 Å². The standard InChI is InChI=1S/C21H13Cl2N3O2S/c22-14-5-1-12(2-6-14)19(27)24-16-9-10-18-17(11-16)25-21(29-18)26-20(28)13-3-7-15(23)8-4-13/h1-11H,(H,24,27)(H,25,26,28). The molecule has 0 fully saturated rings. The van der Waals surface area contributed by atoms with E-state index in [1.807, 2.05) is 6.07 Å². The third kappa shape index (κ3) is 4.56. The summed E-state index contributed by atoms with van der Waals surface area (Å²) in [5.41, 5.74) is 2.28. The minimum Gasteiger partial charge on any atom is -0.322 e. The Morgan fingerprint density at radius 2 is 1.31 bits per heavy atom. The highest BCUT2D eigenvalue weighted by Gasteiger charge is 2.12. The lowest BCUT2D eigenvalue weighted by Gasteiger charge is -2.05. The van der Waals surface area contributed by atoms with Crippen LogP contribution in [-0.2, 0) is 0 Å². The Bertz CT molecular complexity index is 1150. The van der Waals surface area contributed by atoms with Gasteiger partial charge in [0.2, 0.25) is 0 Å². The SMILES string of the molecule is O=C(Nc1ccc2sc(NC(=O)c3ccc(Cl)cc3)nc2c1)c1ccc(Cl)cc1. The summed E-state index contributed by atoms with van der Waals surface area (Å²) in [6.07, 6.45) is 0. The number of thiazole rings is 1. The molecule has 5 nitrogen and oxygen atoms in total. The van der Waals surface area contributed by atoms with Crippen molar-refractivity contribution in [3.63, 3.8) is 0 Å². The molecule has 144 valence electrons. The highest BCUT2D eigenvalue weighted by Crippen LogP contribution is 2.28. The van der Waals surface area contributed by atoms with Gasteiger partial charge < -0.3 is 5.32 Å². The van der Waals surface area contributed by atoms with E-state index in [2.05, 4.69) is 15.6 Å². The van der Waals surface area contributed by atoms with Gasteiger partial charge in [0, 0.05) is 26.9 Å². The number of aromatic nitrogens is 1. The molecule has 0 aliphatic rings. The molecule has 4 rings (SSSR count). The zero-order valence-electron chi connectivity index (χ0n) is 14.8. The van der Waals surface area contributed by atoms with Crippen LogP contribution in [0, 0.1) is 0 Å². The van der Waals surface area contributed by atoms with Gasteiger partial charge >= 0.3 is 0 Å². The average molecular weight is 442 g/mol. The fourth-order valence-electron chi connectivity index (χ4n) is 2.63. The summed E-state index contributed by atoms with van der Waals surface area (Å²) < 4.78 is 0.890. The van der Waals surface area contributed by atoms with E-state index in [4.69, 9.17) is 23.2 Å². The Morgan fingerprint density at radius 3 is 1.90 bits per heavy atom. The second-order valence-electron chi connectivity index (χ2n) is 6.12. The number of halogens is 2. The minimum absolute atomic E-state index is 0.243. The molecule has 0 aliphatic carbocycles. The average Bonchev–Trinajstić information content (AvgIpc) is 3.10. The molecular weight excluding hydrogens is 429 g/mol. The van der Waals surface area contributed by atoms with Gasteiger partial charge in [0.15, 0.2) is 5.13 Å². The number of carbonyl (C=O) groups is 2. The first-order chi connectivity index (χ1) is 14.0. The number of hydrogen-bond acceptors (Lipinski definition) is 4. The molecule has 29 heavy (non-hydrogen) atoms. The summed E-state index contributed by atoms with van der Waals surface area (Å²) in [5, 5.41) is 7.22. The molecule has 0 unspecified atom stereocenters. The lowest BCUT2D eigenvalue weighted by Crippen LogP contribution is -2.11. The first kappa shape index (κ1) is 19.4. The molecule has 4 aromatic rings. The van der Waals surface area contributed by atoms with E-state index in [9.17, 15) is 9.59 Å². The fraction of sp³-hybridized carbons (Fsp3) is 0. The smallest absolute Gasteiger partial charge is 0.257 e. The van der Waals surface area contributed by atoms with Crippen LogP contribution in [0.15, 0.2) is 66.7 Å². The number of anilines is 2. The molecule has 2 N–H and O–H groups in total. The molecule has 2 amide bonds. The monoisotopic (exact) mass is 441 g/mol. The maximum atomic E-state index is 12.4. The number of nitrogens with zero attached hydrogens (tertiary/aromatic N) is 1. The van der Waals surface area contributed by atoms with Gasteiger partial charge in [0.05, 0.1) is 10.2 Å². The van der Waals surface area contributed by atoms with Crippen LogP contribution < -0.4 is 10.6 Å². The van der Waals surface area contributed by atoms with Crippen molar-refractivity contribution in [2.75, 3.05) is 10.6 Å². The van der Waals surface area contributed by atoms with Crippen LogP contribution >= 0.6 is 34.5 Å². The van der Waals surface area contributed by atoms with Crippen LogP contribution in [0.5, 0.6) is 0 Å². The second-order valence-corrected chi connectivity index (χ2v) is 8.03. The lowest BCUT2D eigenvalue weighted by molar-refractivity contribution is 0.101. The third-order valence-corrected chi connectivity index (χ3v) is 5.53. The number of amides is 2. The molecule has 0 radical (unpaired) electrons. The van der Waals surface area contributed by atoms with E-state index in [1.54, 1.807) is 60.7 Å². The van der Waals surface area contributed by atoms with Crippen LogP contribution in [0.25, 0.3) is 10.2 Å². The molecule has 0 bridgehead atoms. The molecule has 0 saturated carbocycles. The first-order valence-electron chi connectivity index (χ1n) is 8.52. The van der Waals surface area contributed by atoms with Crippen molar-refractivity contribution in [2.45, 2.75) is 0 Å². The molecule has 1 heterocycles. The lowest BCUT2D eigenvalue weighted by atomic mass is 10.2. The van der Waals surface area contributed by atoms with Crippen LogP contribution in [-0.4, -0.2) is 16.8 Å². The Kier molecular flexibility index (Phi) is 5.49. The number of rotatable bonds is 4. The molecular formula is C21H13Cl2N3O2S. The molecule has 0 saturated heterocycles. The van der Waals surface area contributed by atoms with Gasteiger partial charge in [0.1, 0.15) is 0 Å². The normalized spacial score (nSPS) is 10.7. The summed E-state index contributed by atoms with van der Waals surface area (Å²) in [6.45, 7) is 0. The highest BCUT2D eigenvalue weighted by molar-refractivity contribution is 7.22. The predicted octanol–water partition coefficient (Wildman–Crippen LogP) is 6.11. The van der Waals surface area contributed by atoms with Gasteiger partial charge in [-0.3, -0.25) is 14.9 Å². The van der Waals surface area contributed by atoms with Crippen molar-refractivity contribution >= 4 is 67.4 Å². The Balaban J connectivity index is 1.50. The van der Waals surface area contributed by atoms with E-state index >= 15 is 0 Å². The van der Waals surface area contributed by atoms with Crippen molar-refractivity contribution in [3.8, 4) is 0 Å². The van der Waals surface area contributed by atoms with Crippen LogP contribution in [0.2, 0.25) is 10.0 Å². The van der Waals surface area contributed by atoms with Gasteiger partial charge in [-0.15, -0.1) is 0 Å². The van der Waals surface area contributed by atoms with Crippen molar-refractivity contribution in [1.29, 1.82) is 0 Å². The number of hydrogen-bond donors (Lipinski definition) is 2. The van der Waals surface area contributed by atoms with E-state index in [1.165, 1.54) is 11.3 Å². The third-order valence-electron chi connectivity index (χ3n) is 4.08. The van der Waals surface area contributed by atoms with E-state index < -0.39 is 0 Å². The molecule has 3 aromatic carbocycles. The number of benzene rings is 3. The number of fused-ring (bicyclic) bond motifs is 1. The zero-order chi connectivity index (χ0) is 20.4. The van der Waals surface area contributed by atoms with Crippen molar-refractivity contribution in [1.82, 2.24) is 4.98 Å². The largest absolute Gasteiger partial charge is 0.322 e. The van der Waals surface area contributed by atoms with Crippen molar-refractivity contribution in [3.05, 3.63) is 87.9 Å². The minimum atomic E-state index is -0.267. The molecule has 8 heteroatoms. The first-order valence-corrected chi connectivity index (χ1v) is 10.1. The van der Waals surface area contributed by atoms with E-state index in [-0.39, 0.29) is 11.8 Å². The molecule has 1 aromatic heterocycles. The summed E-state index contributed by atoms with van der Waals surface area (Å²) in [5.74, 6) is -0.510. The zero-order valence-corrected chi connectivity index (χ0v) is 17.1. The fourth-order valence-corrected chi connectivity index (χ4v) is 3.73. The van der Waals surface area contributed by atoms with Crippen molar-refractivity contribution in [2.24, 2.45) is 0 Å². The van der Waals surface area contributed by atoms with E-state index in [0.717, 1.165) is 4.70 Å². The summed E-state index contributed by atoms with van der Waals surface area (Å²) >= 11 is 13.1. The maximum Gasteiger partial charge on any atom is 0.257 e. The predicted molar refractivity (Wildman–Crippen MR) is 118 cm³/mol. The Hall–Kier alpha value is -2.93. The highest BCUT2D eigenvalue weighted by atomic mass is 35.5. The van der Waals surface area contributed by atoms with Gasteiger partial charge in [0.25, 0.3) is 11.8 Å². The van der Waals surface area contributed by atoms with Crippen LogP contribution in [0.3, 0.4) is 0 Å². The van der Waals surface area contributed by atoms with Gasteiger partial charge in [-0.2, -0.15) is 0 Å². The quantitative estimate of drug-likeness (QED) is 0.401. The number of carbonyl (C=O) groups excluding carboxylic acids is 2. The van der Waals surface area contributed by atoms with Gasteiger partial charge in [-0.1, -0.05) is 34.5 Å².